The summed E-state index contributed by atoms with van der Waals surface area (Å²) in [5, 5.41) is 0. The first-order valence-corrected chi connectivity index (χ1v) is 7.32. The third-order valence-corrected chi connectivity index (χ3v) is 5.24. The summed E-state index contributed by atoms with van der Waals surface area (Å²) in [6.07, 6.45) is 3.28. The van der Waals surface area contributed by atoms with Crippen molar-refractivity contribution in [2.24, 2.45) is 11.8 Å². The van der Waals surface area contributed by atoms with Crippen LogP contribution in [0.3, 0.4) is 0 Å². The molecule has 0 amide bonds. The van der Waals surface area contributed by atoms with Crippen LogP contribution < -0.4 is 9.47 Å². The summed E-state index contributed by atoms with van der Waals surface area (Å²) in [7, 11) is 3.30. The maximum atomic E-state index is 12.9. The molecular weight excluding hydrogens is 252 g/mol. The number of carbonyl (C=O) groups excluding carboxylic acids is 1. The lowest BCUT2D eigenvalue weighted by Gasteiger charge is -2.42. The average molecular weight is 274 g/mol. The van der Waals surface area contributed by atoms with Gasteiger partial charge >= 0.3 is 0 Å². The van der Waals surface area contributed by atoms with Gasteiger partial charge in [0.1, 0.15) is 11.5 Å². The van der Waals surface area contributed by atoms with E-state index in [1.54, 1.807) is 14.2 Å². The molecule has 0 aliphatic heterocycles. The second kappa shape index (κ2) is 4.51. The number of carbonyl (C=O) groups is 1. The summed E-state index contributed by atoms with van der Waals surface area (Å²) < 4.78 is 11.0. The van der Waals surface area contributed by atoms with Crippen LogP contribution in [0.1, 0.15) is 49.0 Å². The molecule has 0 heterocycles. The fourth-order valence-corrected chi connectivity index (χ4v) is 4.30. The van der Waals surface area contributed by atoms with Gasteiger partial charge in [0, 0.05) is 11.5 Å². The Morgan fingerprint density at radius 2 is 1.75 bits per heavy atom. The molecule has 0 saturated heterocycles. The zero-order valence-electron chi connectivity index (χ0n) is 12.7. The van der Waals surface area contributed by atoms with Crippen molar-refractivity contribution in [1.82, 2.24) is 0 Å². The third kappa shape index (κ3) is 1.62. The molecule has 0 bridgehead atoms. The van der Waals surface area contributed by atoms with Crippen LogP contribution in [0.25, 0.3) is 0 Å². The van der Waals surface area contributed by atoms with Crippen LogP contribution in [0.4, 0.5) is 0 Å². The van der Waals surface area contributed by atoms with E-state index in [0.717, 1.165) is 36.1 Å². The smallest absolute Gasteiger partial charge is 0.170 e. The summed E-state index contributed by atoms with van der Waals surface area (Å²) in [5.74, 6) is 2.31. The van der Waals surface area contributed by atoms with E-state index in [-0.39, 0.29) is 17.1 Å². The molecule has 1 saturated carbocycles. The quantitative estimate of drug-likeness (QED) is 0.826. The Morgan fingerprint density at radius 3 is 2.40 bits per heavy atom. The van der Waals surface area contributed by atoms with Gasteiger partial charge in [-0.1, -0.05) is 20.3 Å². The van der Waals surface area contributed by atoms with Crippen molar-refractivity contribution in [1.29, 1.82) is 0 Å². The summed E-state index contributed by atoms with van der Waals surface area (Å²) in [5.41, 5.74) is 1.73. The maximum absolute atomic E-state index is 12.9. The van der Waals surface area contributed by atoms with Crippen molar-refractivity contribution in [3.05, 3.63) is 23.3 Å². The normalized spacial score (nSPS) is 26.9. The van der Waals surface area contributed by atoms with Gasteiger partial charge in [0.05, 0.1) is 19.8 Å². The van der Waals surface area contributed by atoms with Gasteiger partial charge in [0.15, 0.2) is 5.78 Å². The van der Waals surface area contributed by atoms with Crippen LogP contribution in [0.5, 0.6) is 11.5 Å². The zero-order chi connectivity index (χ0) is 14.5. The Bertz CT molecular complexity index is 560. The van der Waals surface area contributed by atoms with E-state index in [1.165, 1.54) is 0 Å². The zero-order valence-corrected chi connectivity index (χ0v) is 12.7. The molecule has 0 spiro atoms. The standard InChI is InChI=1S/C17H22O3/c1-17(2)11-7-5-6-10(11)16(18)14-12(19-3)8-9-13(20-4)15(14)17/h8-11H,5-7H2,1-4H3/t10-,11-/m1/s1. The minimum Gasteiger partial charge on any atom is -0.496 e. The molecule has 1 aromatic carbocycles. The van der Waals surface area contributed by atoms with Crippen molar-refractivity contribution < 1.29 is 14.3 Å². The van der Waals surface area contributed by atoms with Crippen LogP contribution >= 0.6 is 0 Å². The van der Waals surface area contributed by atoms with Crippen molar-refractivity contribution in [3.8, 4) is 11.5 Å². The molecule has 3 heteroatoms. The first-order valence-electron chi connectivity index (χ1n) is 7.32. The van der Waals surface area contributed by atoms with E-state index in [9.17, 15) is 4.79 Å². The molecule has 20 heavy (non-hydrogen) atoms. The Hall–Kier alpha value is -1.51. The Balaban J connectivity index is 2.30. The Labute approximate surface area is 120 Å². The second-order valence-electron chi connectivity index (χ2n) is 6.45. The van der Waals surface area contributed by atoms with E-state index in [0.29, 0.717) is 11.7 Å². The highest BCUT2D eigenvalue weighted by molar-refractivity contribution is 6.04. The third-order valence-electron chi connectivity index (χ3n) is 5.24. The van der Waals surface area contributed by atoms with E-state index in [1.807, 2.05) is 12.1 Å². The summed E-state index contributed by atoms with van der Waals surface area (Å²) in [4.78, 5) is 12.9. The summed E-state index contributed by atoms with van der Waals surface area (Å²) in [6.45, 7) is 4.48. The fraction of sp³-hybridized carbons (Fsp3) is 0.588. The van der Waals surface area contributed by atoms with Gasteiger partial charge in [-0.2, -0.15) is 0 Å². The van der Waals surface area contributed by atoms with Crippen LogP contribution in [-0.2, 0) is 5.41 Å². The lowest BCUT2D eigenvalue weighted by Crippen LogP contribution is -2.41. The van der Waals surface area contributed by atoms with Gasteiger partial charge in [0.2, 0.25) is 0 Å². The lowest BCUT2D eigenvalue weighted by molar-refractivity contribution is 0.0809. The molecule has 3 rings (SSSR count). The summed E-state index contributed by atoms with van der Waals surface area (Å²) >= 11 is 0. The number of ketones is 1. The van der Waals surface area contributed by atoms with Gasteiger partial charge in [0.25, 0.3) is 0 Å². The van der Waals surface area contributed by atoms with Gasteiger partial charge in [-0.05, 0) is 36.3 Å². The molecule has 108 valence electrons. The predicted molar refractivity (Wildman–Crippen MR) is 77.7 cm³/mol. The number of benzene rings is 1. The highest BCUT2D eigenvalue weighted by atomic mass is 16.5. The van der Waals surface area contributed by atoms with E-state index < -0.39 is 0 Å². The van der Waals surface area contributed by atoms with Crippen LogP contribution in [0.15, 0.2) is 12.1 Å². The number of fused-ring (bicyclic) bond motifs is 2. The van der Waals surface area contributed by atoms with Crippen LogP contribution in [0, 0.1) is 11.8 Å². The van der Waals surface area contributed by atoms with Gasteiger partial charge < -0.3 is 9.47 Å². The highest BCUT2D eigenvalue weighted by Gasteiger charge is 2.51. The number of ether oxygens (including phenoxy) is 2. The largest absolute Gasteiger partial charge is 0.496 e. The number of hydrogen-bond donors (Lipinski definition) is 0. The number of methoxy groups -OCH3 is 2. The second-order valence-corrected chi connectivity index (χ2v) is 6.45. The van der Waals surface area contributed by atoms with Crippen molar-refractivity contribution in [2.75, 3.05) is 14.2 Å². The highest BCUT2D eigenvalue weighted by Crippen LogP contribution is 2.55. The Kier molecular flexibility index (Phi) is 3.03. The number of rotatable bonds is 2. The molecule has 0 aromatic heterocycles. The van der Waals surface area contributed by atoms with Gasteiger partial charge in [-0.25, -0.2) is 0 Å². The molecule has 2 aliphatic rings. The van der Waals surface area contributed by atoms with Crippen molar-refractivity contribution in [2.45, 2.75) is 38.5 Å². The van der Waals surface area contributed by atoms with Gasteiger partial charge in [-0.3, -0.25) is 4.79 Å². The minimum atomic E-state index is -0.0513. The molecule has 1 fully saturated rings. The van der Waals surface area contributed by atoms with Crippen molar-refractivity contribution >= 4 is 5.78 Å². The number of hydrogen-bond acceptors (Lipinski definition) is 3. The molecule has 2 atom stereocenters. The van der Waals surface area contributed by atoms with E-state index in [2.05, 4.69) is 13.8 Å². The SMILES string of the molecule is COc1ccc(OC)c2c1C(=O)[C@@H]1CCC[C@H]1C2(C)C. The summed E-state index contributed by atoms with van der Waals surface area (Å²) in [6, 6.07) is 3.77. The van der Waals surface area contributed by atoms with Crippen molar-refractivity contribution in [3.63, 3.8) is 0 Å². The lowest BCUT2D eigenvalue weighted by atomic mass is 9.61. The molecule has 0 N–H and O–H groups in total. The topological polar surface area (TPSA) is 35.5 Å². The van der Waals surface area contributed by atoms with Gasteiger partial charge in [-0.15, -0.1) is 0 Å². The average Bonchev–Trinajstić information content (AvgIpc) is 2.94. The predicted octanol–water partition coefficient (Wildman–Crippen LogP) is 3.59. The first-order chi connectivity index (χ1) is 9.52. The molecule has 0 radical (unpaired) electrons. The number of Topliss-reactive ketones (excluding diaryl/α,β-unsaturated/α-hetero) is 1. The Morgan fingerprint density at radius 1 is 1.10 bits per heavy atom. The minimum absolute atomic E-state index is 0.0513. The maximum Gasteiger partial charge on any atom is 0.170 e. The van der Waals surface area contributed by atoms with E-state index >= 15 is 0 Å². The van der Waals surface area contributed by atoms with Crippen LogP contribution in [-0.4, -0.2) is 20.0 Å². The monoisotopic (exact) mass is 274 g/mol. The molecule has 0 unspecified atom stereocenters. The molecule has 2 aliphatic carbocycles. The molecule has 3 nitrogen and oxygen atoms in total. The van der Waals surface area contributed by atoms with Crippen LogP contribution in [0.2, 0.25) is 0 Å². The molecular formula is C17H22O3. The fourth-order valence-electron chi connectivity index (χ4n) is 4.30. The first kappa shape index (κ1) is 13.5. The van der Waals surface area contributed by atoms with E-state index in [4.69, 9.17) is 9.47 Å². The molecule has 1 aromatic rings.